The largest absolute Gasteiger partial charge is 0.460 e. The number of nitrogens with zero attached hydrogens (tertiary/aromatic N) is 3. The molecule has 1 aromatic carbocycles. The van der Waals surface area contributed by atoms with E-state index in [0.717, 1.165) is 19.2 Å². The van der Waals surface area contributed by atoms with Crippen LogP contribution in [-0.2, 0) is 13.0 Å². The van der Waals surface area contributed by atoms with Gasteiger partial charge in [0.05, 0.1) is 0 Å². The summed E-state index contributed by atoms with van der Waals surface area (Å²) in [5, 5.41) is 2.65. The Morgan fingerprint density at radius 3 is 1.44 bits per heavy atom. The van der Waals surface area contributed by atoms with Crippen molar-refractivity contribution in [2.24, 2.45) is 7.05 Å². The molecule has 0 saturated heterocycles. The van der Waals surface area contributed by atoms with Crippen LogP contribution in [-0.4, -0.2) is 50.6 Å². The van der Waals surface area contributed by atoms with Crippen LogP contribution < -0.4 is 0 Å². The van der Waals surface area contributed by atoms with Gasteiger partial charge < -0.3 is 0 Å². The first kappa shape index (κ1) is 27.6. The fraction of sp³-hybridized carbons (Fsp3) is 0.500. The molecule has 0 amide bonds. The zero-order valence-electron chi connectivity index (χ0n) is 15.9. The Morgan fingerprint density at radius 1 is 0.588 bits per heavy atom. The molecule has 1 heterocycles. The SMILES string of the molecule is Cn1nc(C(F)(F)C(F)(F)C(F)(F)C(F)(F)C(F)(F)C(F)(F)C(F)(F)F)nc1-c1ccccc1. The maximum atomic E-state index is 14.2. The molecule has 2 rings (SSSR count). The summed E-state index contributed by atoms with van der Waals surface area (Å²) in [4.78, 5) is 2.79. The molecule has 3 nitrogen and oxygen atoms in total. The van der Waals surface area contributed by atoms with E-state index in [0.29, 0.717) is 0 Å². The number of hydrogen-bond donors (Lipinski definition) is 0. The summed E-state index contributed by atoms with van der Waals surface area (Å²) in [6, 6.07) is 6.13. The maximum absolute atomic E-state index is 14.2. The summed E-state index contributed by atoms with van der Waals surface area (Å²) in [6.45, 7) is 0. The van der Waals surface area contributed by atoms with E-state index in [1.807, 2.05) is 0 Å². The van der Waals surface area contributed by atoms with Gasteiger partial charge in [0.25, 0.3) is 0 Å². The first-order chi connectivity index (χ1) is 15.0. The third-order valence-corrected chi connectivity index (χ3v) is 4.40. The minimum absolute atomic E-state index is 0.156. The average Bonchev–Trinajstić information content (AvgIpc) is 3.09. The van der Waals surface area contributed by atoms with Crippen molar-refractivity contribution < 1.29 is 65.9 Å². The second-order valence-corrected chi connectivity index (χ2v) is 6.69. The number of hydrogen-bond acceptors (Lipinski definition) is 2. The molecule has 0 saturated carbocycles. The van der Waals surface area contributed by atoms with Gasteiger partial charge in [-0.25, -0.2) is 9.67 Å². The van der Waals surface area contributed by atoms with Crippen molar-refractivity contribution in [3.63, 3.8) is 0 Å². The Balaban J connectivity index is 2.63. The molecule has 0 radical (unpaired) electrons. The number of alkyl halides is 15. The van der Waals surface area contributed by atoms with Crippen LogP contribution >= 0.6 is 0 Å². The molecule has 0 aliphatic heterocycles. The number of aromatic nitrogens is 3. The zero-order valence-corrected chi connectivity index (χ0v) is 15.9. The Labute approximate surface area is 178 Å². The van der Waals surface area contributed by atoms with Gasteiger partial charge >= 0.3 is 41.7 Å². The number of rotatable bonds is 7. The van der Waals surface area contributed by atoms with Gasteiger partial charge in [-0.3, -0.25) is 0 Å². The van der Waals surface area contributed by atoms with E-state index in [9.17, 15) is 65.9 Å². The minimum Gasteiger partial charge on any atom is -0.248 e. The van der Waals surface area contributed by atoms with Crippen molar-refractivity contribution >= 4 is 0 Å². The molecule has 1 aromatic heterocycles. The highest BCUT2D eigenvalue weighted by atomic mass is 19.4. The van der Waals surface area contributed by atoms with Crippen LogP contribution in [0.4, 0.5) is 65.9 Å². The van der Waals surface area contributed by atoms with Crippen LogP contribution in [0.25, 0.3) is 11.4 Å². The molecule has 18 heteroatoms. The Bertz CT molecular complexity index is 1020. The van der Waals surface area contributed by atoms with Gasteiger partial charge in [0.15, 0.2) is 5.82 Å². The summed E-state index contributed by atoms with van der Waals surface area (Å²) in [5.41, 5.74) is -0.156. The lowest BCUT2D eigenvalue weighted by molar-refractivity contribution is -0.454. The van der Waals surface area contributed by atoms with Gasteiger partial charge in [0.2, 0.25) is 5.82 Å². The van der Waals surface area contributed by atoms with Gasteiger partial charge in [-0.1, -0.05) is 30.3 Å². The van der Waals surface area contributed by atoms with Crippen LogP contribution in [0.2, 0.25) is 0 Å². The van der Waals surface area contributed by atoms with E-state index in [-0.39, 0.29) is 10.2 Å². The topological polar surface area (TPSA) is 30.7 Å². The lowest BCUT2D eigenvalue weighted by Crippen LogP contribution is -2.72. The highest BCUT2D eigenvalue weighted by molar-refractivity contribution is 5.54. The third kappa shape index (κ3) is 3.55. The number of benzene rings is 1. The summed E-state index contributed by atoms with van der Waals surface area (Å²) in [7, 11) is 0.748. The van der Waals surface area contributed by atoms with Gasteiger partial charge in [0.1, 0.15) is 0 Å². The van der Waals surface area contributed by atoms with Crippen molar-refractivity contribution in [2.45, 2.75) is 41.7 Å². The summed E-state index contributed by atoms with van der Waals surface area (Å²) >= 11 is 0. The van der Waals surface area contributed by atoms with Crippen LogP contribution in [0.1, 0.15) is 5.82 Å². The monoisotopic (exact) mass is 527 g/mol. The molecule has 192 valence electrons. The van der Waals surface area contributed by atoms with E-state index >= 15 is 0 Å². The minimum atomic E-state index is -8.36. The molecule has 0 aliphatic carbocycles. The van der Waals surface area contributed by atoms with Crippen molar-refractivity contribution in [3.8, 4) is 11.4 Å². The van der Waals surface area contributed by atoms with Crippen molar-refractivity contribution in [3.05, 3.63) is 36.2 Å². The fourth-order valence-electron chi connectivity index (χ4n) is 2.46. The summed E-state index contributed by atoms with van der Waals surface area (Å²) < 4.78 is 200. The molecule has 2 aromatic rings. The van der Waals surface area contributed by atoms with Crippen LogP contribution in [0.5, 0.6) is 0 Å². The Morgan fingerprint density at radius 2 is 1.00 bits per heavy atom. The van der Waals surface area contributed by atoms with Gasteiger partial charge in [-0.15, -0.1) is 5.10 Å². The quantitative estimate of drug-likeness (QED) is 0.395. The van der Waals surface area contributed by atoms with E-state index in [1.54, 1.807) is 0 Å². The third-order valence-electron chi connectivity index (χ3n) is 4.40. The van der Waals surface area contributed by atoms with Crippen LogP contribution in [0, 0.1) is 0 Å². The van der Waals surface area contributed by atoms with Gasteiger partial charge in [-0.2, -0.15) is 65.9 Å². The second kappa shape index (κ2) is 7.66. The Hall–Kier alpha value is -2.69. The molecule has 0 fully saturated rings. The van der Waals surface area contributed by atoms with Gasteiger partial charge in [-0.05, 0) is 0 Å². The zero-order chi connectivity index (χ0) is 26.8. The molecule has 0 aliphatic rings. The van der Waals surface area contributed by atoms with Crippen molar-refractivity contribution in [1.29, 1.82) is 0 Å². The Kier molecular flexibility index (Phi) is 6.21. The first-order valence-corrected chi connectivity index (χ1v) is 8.29. The molecule has 34 heavy (non-hydrogen) atoms. The molecular weight excluding hydrogens is 519 g/mol. The van der Waals surface area contributed by atoms with E-state index in [1.165, 1.54) is 18.2 Å². The normalized spacial score (nSPS) is 15.1. The summed E-state index contributed by atoms with van der Waals surface area (Å²) in [6.07, 6.45) is -7.65. The lowest BCUT2D eigenvalue weighted by atomic mass is 9.91. The van der Waals surface area contributed by atoms with Crippen LogP contribution in [0.3, 0.4) is 0 Å². The molecule has 0 spiro atoms. The van der Waals surface area contributed by atoms with Crippen LogP contribution in [0.15, 0.2) is 30.3 Å². The van der Waals surface area contributed by atoms with E-state index in [4.69, 9.17) is 0 Å². The molecular formula is C16H8F15N3. The highest BCUT2D eigenvalue weighted by Crippen LogP contribution is 2.63. The molecule has 0 unspecified atom stereocenters. The predicted octanol–water partition coefficient (Wildman–Crippen LogP) is 6.31. The highest BCUT2D eigenvalue weighted by Gasteiger charge is 2.93. The smallest absolute Gasteiger partial charge is 0.248 e. The van der Waals surface area contributed by atoms with E-state index < -0.39 is 53.4 Å². The average molecular weight is 527 g/mol. The van der Waals surface area contributed by atoms with Crippen molar-refractivity contribution in [1.82, 2.24) is 14.8 Å². The summed E-state index contributed by atoms with van der Waals surface area (Å²) in [5.74, 6) is -50.6. The molecule has 0 bridgehead atoms. The maximum Gasteiger partial charge on any atom is 0.460 e. The van der Waals surface area contributed by atoms with Gasteiger partial charge in [0, 0.05) is 12.6 Å². The lowest BCUT2D eigenvalue weighted by Gasteiger charge is -2.40. The molecule has 0 N–H and O–H groups in total. The standard InChI is InChI=1S/C16H8F15N3/c1-34-8(7-5-3-2-4-6-7)32-9(33-34)10(17,18)11(19,20)12(21,22)13(23,24)14(25,26)15(27,28)16(29,30)31/h2-6H,1H3. The number of halogens is 15. The first-order valence-electron chi connectivity index (χ1n) is 8.29. The molecule has 0 atom stereocenters. The van der Waals surface area contributed by atoms with E-state index in [2.05, 4.69) is 10.1 Å². The second-order valence-electron chi connectivity index (χ2n) is 6.69. The number of aryl methyl sites for hydroxylation is 1. The predicted molar refractivity (Wildman–Crippen MR) is 81.1 cm³/mol. The van der Waals surface area contributed by atoms with Crippen molar-refractivity contribution in [2.75, 3.05) is 0 Å². The fourth-order valence-corrected chi connectivity index (χ4v) is 2.46.